The van der Waals surface area contributed by atoms with E-state index in [1.807, 2.05) is 36.1 Å². The van der Waals surface area contributed by atoms with Crippen LogP contribution in [-0.2, 0) is 20.9 Å². The Balaban J connectivity index is 1.46. The van der Waals surface area contributed by atoms with E-state index in [0.717, 1.165) is 24.9 Å². The number of likely N-dealkylation sites (tertiary alicyclic amines) is 1. The fraction of sp³-hybridized carbons (Fsp3) is 0.600. The Morgan fingerprint density at radius 2 is 1.96 bits per heavy atom. The number of piperidine rings is 1. The van der Waals surface area contributed by atoms with E-state index in [-0.39, 0.29) is 17.7 Å². The summed E-state index contributed by atoms with van der Waals surface area (Å²) in [5.74, 6) is 0.247. The SMILES string of the molecule is Cc1ccccc1CNC(=O)CN1CCCC(C(=O)N2CCOCC2)C1. The molecule has 1 atom stereocenters. The first-order chi connectivity index (χ1) is 12.6. The molecule has 0 bridgehead atoms. The number of rotatable bonds is 5. The molecule has 0 radical (unpaired) electrons. The number of aryl methyl sites for hydroxylation is 1. The molecular weight excluding hydrogens is 330 g/mol. The van der Waals surface area contributed by atoms with Crippen molar-refractivity contribution in [1.29, 1.82) is 0 Å². The van der Waals surface area contributed by atoms with Crippen molar-refractivity contribution in [3.05, 3.63) is 35.4 Å². The van der Waals surface area contributed by atoms with Crippen LogP contribution in [-0.4, -0.2) is 67.6 Å². The summed E-state index contributed by atoms with van der Waals surface area (Å²) >= 11 is 0. The van der Waals surface area contributed by atoms with Gasteiger partial charge in [0.1, 0.15) is 0 Å². The van der Waals surface area contributed by atoms with Gasteiger partial charge in [-0.2, -0.15) is 0 Å². The molecule has 2 aliphatic rings. The molecule has 2 heterocycles. The summed E-state index contributed by atoms with van der Waals surface area (Å²) in [4.78, 5) is 29.0. The van der Waals surface area contributed by atoms with E-state index >= 15 is 0 Å². The zero-order valence-corrected chi connectivity index (χ0v) is 15.6. The van der Waals surface area contributed by atoms with Crippen LogP contribution < -0.4 is 5.32 Å². The van der Waals surface area contributed by atoms with Crippen LogP contribution in [0.15, 0.2) is 24.3 Å². The van der Waals surface area contributed by atoms with E-state index < -0.39 is 0 Å². The molecule has 2 amide bonds. The standard InChI is InChI=1S/C20H29N3O3/c1-16-5-2-3-6-17(16)13-21-19(24)15-22-8-4-7-18(14-22)20(25)23-9-11-26-12-10-23/h2-3,5-6,18H,4,7-15H2,1H3,(H,21,24). The molecule has 1 aromatic rings. The van der Waals surface area contributed by atoms with Crippen LogP contribution in [0.4, 0.5) is 0 Å². The first-order valence-corrected chi connectivity index (χ1v) is 9.53. The van der Waals surface area contributed by atoms with Gasteiger partial charge in [0.2, 0.25) is 11.8 Å². The summed E-state index contributed by atoms with van der Waals surface area (Å²) < 4.78 is 5.33. The molecule has 1 N–H and O–H groups in total. The van der Waals surface area contributed by atoms with Crippen LogP contribution in [0.5, 0.6) is 0 Å². The van der Waals surface area contributed by atoms with Gasteiger partial charge < -0.3 is 15.0 Å². The summed E-state index contributed by atoms with van der Waals surface area (Å²) in [5.41, 5.74) is 2.32. The maximum atomic E-state index is 12.7. The molecule has 3 rings (SSSR count). The van der Waals surface area contributed by atoms with Gasteiger partial charge in [-0.3, -0.25) is 14.5 Å². The van der Waals surface area contributed by atoms with Crippen LogP contribution in [0.2, 0.25) is 0 Å². The smallest absolute Gasteiger partial charge is 0.234 e. The Hall–Kier alpha value is -1.92. The molecule has 0 aliphatic carbocycles. The highest BCUT2D eigenvalue weighted by Gasteiger charge is 2.30. The van der Waals surface area contributed by atoms with Gasteiger partial charge in [-0.05, 0) is 37.4 Å². The first kappa shape index (κ1) is 18.9. The minimum absolute atomic E-state index is 0.00557. The van der Waals surface area contributed by atoms with Crippen molar-refractivity contribution in [3.63, 3.8) is 0 Å². The van der Waals surface area contributed by atoms with Crippen LogP contribution in [0, 0.1) is 12.8 Å². The molecular formula is C20H29N3O3. The lowest BCUT2D eigenvalue weighted by molar-refractivity contribution is -0.142. The maximum absolute atomic E-state index is 12.7. The second kappa shape index (κ2) is 9.14. The van der Waals surface area contributed by atoms with Crippen LogP contribution in [0.3, 0.4) is 0 Å². The molecule has 142 valence electrons. The van der Waals surface area contributed by atoms with Gasteiger partial charge in [0.15, 0.2) is 0 Å². The quantitative estimate of drug-likeness (QED) is 0.858. The minimum atomic E-state index is 0.00557. The zero-order chi connectivity index (χ0) is 18.4. The molecule has 6 heteroatoms. The van der Waals surface area contributed by atoms with Crippen molar-refractivity contribution in [1.82, 2.24) is 15.1 Å². The number of nitrogens with zero attached hydrogens (tertiary/aromatic N) is 2. The molecule has 2 fully saturated rings. The first-order valence-electron chi connectivity index (χ1n) is 9.53. The molecule has 1 aromatic carbocycles. The lowest BCUT2D eigenvalue weighted by Crippen LogP contribution is -2.49. The number of morpholine rings is 1. The number of carbonyl (C=O) groups is 2. The molecule has 2 saturated heterocycles. The fourth-order valence-electron chi connectivity index (χ4n) is 3.70. The maximum Gasteiger partial charge on any atom is 0.234 e. The Labute approximate surface area is 155 Å². The van der Waals surface area contributed by atoms with Crippen LogP contribution in [0.1, 0.15) is 24.0 Å². The van der Waals surface area contributed by atoms with E-state index in [4.69, 9.17) is 4.74 Å². The highest BCUT2D eigenvalue weighted by molar-refractivity contribution is 5.80. The highest BCUT2D eigenvalue weighted by atomic mass is 16.5. The normalized spacial score (nSPS) is 21.4. The number of hydrogen-bond acceptors (Lipinski definition) is 4. The monoisotopic (exact) mass is 359 g/mol. The van der Waals surface area contributed by atoms with E-state index in [0.29, 0.717) is 45.9 Å². The van der Waals surface area contributed by atoms with Crippen molar-refractivity contribution in [3.8, 4) is 0 Å². The number of benzene rings is 1. The summed E-state index contributed by atoms with van der Waals surface area (Å²) in [5, 5.41) is 3.00. The van der Waals surface area contributed by atoms with Gasteiger partial charge >= 0.3 is 0 Å². The van der Waals surface area contributed by atoms with Crippen LogP contribution in [0.25, 0.3) is 0 Å². The summed E-state index contributed by atoms with van der Waals surface area (Å²) in [6.45, 7) is 7.15. The van der Waals surface area contributed by atoms with E-state index in [2.05, 4.69) is 10.2 Å². The summed E-state index contributed by atoms with van der Waals surface area (Å²) in [7, 11) is 0. The van der Waals surface area contributed by atoms with Crippen molar-refractivity contribution >= 4 is 11.8 Å². The highest BCUT2D eigenvalue weighted by Crippen LogP contribution is 2.19. The largest absolute Gasteiger partial charge is 0.378 e. The van der Waals surface area contributed by atoms with E-state index in [1.54, 1.807) is 0 Å². The molecule has 0 saturated carbocycles. The number of carbonyl (C=O) groups excluding carboxylic acids is 2. The lowest BCUT2D eigenvalue weighted by atomic mass is 9.96. The second-order valence-electron chi connectivity index (χ2n) is 7.22. The Kier molecular flexibility index (Phi) is 6.63. The third kappa shape index (κ3) is 5.05. The lowest BCUT2D eigenvalue weighted by Gasteiger charge is -2.35. The zero-order valence-electron chi connectivity index (χ0n) is 15.6. The molecule has 0 spiro atoms. The van der Waals surface area contributed by atoms with Crippen LogP contribution >= 0.6 is 0 Å². The predicted molar refractivity (Wildman–Crippen MR) is 99.6 cm³/mol. The van der Waals surface area contributed by atoms with E-state index in [1.165, 1.54) is 5.56 Å². The van der Waals surface area contributed by atoms with E-state index in [9.17, 15) is 9.59 Å². The fourth-order valence-corrected chi connectivity index (χ4v) is 3.70. The topological polar surface area (TPSA) is 61.9 Å². The number of amides is 2. The van der Waals surface area contributed by atoms with Gasteiger partial charge in [-0.15, -0.1) is 0 Å². The number of nitrogens with one attached hydrogen (secondary N) is 1. The minimum Gasteiger partial charge on any atom is -0.378 e. The second-order valence-corrected chi connectivity index (χ2v) is 7.22. The molecule has 6 nitrogen and oxygen atoms in total. The van der Waals surface area contributed by atoms with Gasteiger partial charge in [0, 0.05) is 26.2 Å². The number of ether oxygens (including phenoxy) is 1. The van der Waals surface area contributed by atoms with Gasteiger partial charge in [0.25, 0.3) is 0 Å². The molecule has 1 unspecified atom stereocenters. The molecule has 26 heavy (non-hydrogen) atoms. The third-order valence-electron chi connectivity index (χ3n) is 5.28. The molecule has 0 aromatic heterocycles. The van der Waals surface area contributed by atoms with Gasteiger partial charge in [0.05, 0.1) is 25.7 Å². The average Bonchev–Trinajstić information content (AvgIpc) is 2.68. The van der Waals surface area contributed by atoms with Crippen molar-refractivity contribution in [2.75, 3.05) is 45.9 Å². The Bertz CT molecular complexity index is 628. The van der Waals surface area contributed by atoms with Crippen molar-refractivity contribution in [2.45, 2.75) is 26.3 Å². The van der Waals surface area contributed by atoms with Crippen molar-refractivity contribution < 1.29 is 14.3 Å². The summed E-state index contributed by atoms with van der Waals surface area (Å²) in [6.07, 6.45) is 1.88. The Morgan fingerprint density at radius 3 is 2.73 bits per heavy atom. The average molecular weight is 359 g/mol. The van der Waals surface area contributed by atoms with Gasteiger partial charge in [-0.25, -0.2) is 0 Å². The third-order valence-corrected chi connectivity index (χ3v) is 5.28. The number of hydrogen-bond donors (Lipinski definition) is 1. The Morgan fingerprint density at radius 1 is 1.19 bits per heavy atom. The van der Waals surface area contributed by atoms with Gasteiger partial charge in [-0.1, -0.05) is 24.3 Å². The van der Waals surface area contributed by atoms with Crippen molar-refractivity contribution in [2.24, 2.45) is 5.92 Å². The summed E-state index contributed by atoms with van der Waals surface area (Å²) in [6, 6.07) is 8.07. The predicted octanol–water partition coefficient (Wildman–Crippen LogP) is 1.18. The molecule has 2 aliphatic heterocycles.